The van der Waals surface area contributed by atoms with Crippen LogP contribution in [-0.4, -0.2) is 31.1 Å². The van der Waals surface area contributed by atoms with Gasteiger partial charge in [-0.3, -0.25) is 9.59 Å². The van der Waals surface area contributed by atoms with Gasteiger partial charge in [0.1, 0.15) is 24.6 Å². The van der Waals surface area contributed by atoms with Crippen molar-refractivity contribution in [1.82, 2.24) is 0 Å². The second kappa shape index (κ2) is 12.0. The molecule has 0 saturated carbocycles. The average molecular weight is 536 g/mol. The van der Waals surface area contributed by atoms with Crippen molar-refractivity contribution in [3.05, 3.63) is 94.5 Å². The van der Waals surface area contributed by atoms with Crippen molar-refractivity contribution >= 4 is 29.2 Å². The quantitative estimate of drug-likeness (QED) is 0.299. The Labute approximate surface area is 229 Å². The highest BCUT2D eigenvalue weighted by molar-refractivity contribution is 6.30. The summed E-state index contributed by atoms with van der Waals surface area (Å²) in [4.78, 5) is 28.2. The van der Waals surface area contributed by atoms with Crippen LogP contribution in [0.25, 0.3) is 0 Å². The summed E-state index contributed by atoms with van der Waals surface area (Å²) in [7, 11) is 0. The molecule has 2 unspecified atom stereocenters. The molecule has 7 heteroatoms. The van der Waals surface area contributed by atoms with Gasteiger partial charge in [-0.15, -0.1) is 0 Å². The third-order valence-electron chi connectivity index (χ3n) is 6.13. The molecule has 0 N–H and O–H groups in total. The lowest BCUT2D eigenvalue weighted by Gasteiger charge is -2.31. The minimum Gasteiger partial charge on any atom is -0.489 e. The maximum absolute atomic E-state index is 13.9. The number of benzene rings is 3. The van der Waals surface area contributed by atoms with E-state index in [9.17, 15) is 9.59 Å². The average Bonchev–Trinajstić information content (AvgIpc) is 2.98. The van der Waals surface area contributed by atoms with E-state index in [-0.39, 0.29) is 24.3 Å². The fourth-order valence-corrected chi connectivity index (χ4v) is 4.70. The van der Waals surface area contributed by atoms with Gasteiger partial charge in [-0.2, -0.15) is 0 Å². The topological polar surface area (TPSA) is 65.1 Å². The number of anilines is 1. The zero-order valence-electron chi connectivity index (χ0n) is 22.3. The number of hydrogen-bond acceptors (Lipinski definition) is 5. The highest BCUT2D eigenvalue weighted by atomic mass is 35.5. The Kier molecular flexibility index (Phi) is 8.75. The Morgan fingerprint density at radius 2 is 1.71 bits per heavy atom. The van der Waals surface area contributed by atoms with Gasteiger partial charge in [0.05, 0.1) is 13.0 Å². The number of halogens is 1. The molecule has 2 atom stereocenters. The Balaban J connectivity index is 1.80. The maximum atomic E-state index is 13.9. The number of fused-ring (bicyclic) bond motifs is 1. The molecule has 0 fully saturated rings. The van der Waals surface area contributed by atoms with E-state index in [1.165, 1.54) is 0 Å². The van der Waals surface area contributed by atoms with E-state index in [0.717, 1.165) is 16.7 Å². The Morgan fingerprint density at radius 1 is 1.00 bits per heavy atom. The normalized spacial score (nSPS) is 17.5. The first kappa shape index (κ1) is 27.7. The van der Waals surface area contributed by atoms with E-state index in [0.29, 0.717) is 29.6 Å². The molecule has 200 valence electrons. The molecule has 0 aliphatic carbocycles. The summed E-state index contributed by atoms with van der Waals surface area (Å²) in [6.45, 7) is 8.95. The lowest BCUT2D eigenvalue weighted by Crippen LogP contribution is -2.44. The molecule has 1 aliphatic rings. The van der Waals surface area contributed by atoms with Gasteiger partial charge >= 0.3 is 5.97 Å². The summed E-state index contributed by atoms with van der Waals surface area (Å²) in [5.41, 5.74) is 2.99. The van der Waals surface area contributed by atoms with Crippen molar-refractivity contribution in [2.75, 3.05) is 18.1 Å². The van der Waals surface area contributed by atoms with Crippen LogP contribution in [0.3, 0.4) is 0 Å². The fraction of sp³-hybridized carbons (Fsp3) is 0.355. The molecule has 1 amide bonds. The first-order valence-electron chi connectivity index (χ1n) is 12.8. The molecule has 1 heterocycles. The van der Waals surface area contributed by atoms with Crippen LogP contribution in [0.5, 0.6) is 5.75 Å². The van der Waals surface area contributed by atoms with Gasteiger partial charge in [-0.05, 0) is 42.2 Å². The highest BCUT2D eigenvalue weighted by Crippen LogP contribution is 2.43. The summed E-state index contributed by atoms with van der Waals surface area (Å²) in [6, 6.07) is 22.9. The van der Waals surface area contributed by atoms with E-state index in [4.69, 9.17) is 25.8 Å². The Morgan fingerprint density at radius 3 is 2.42 bits per heavy atom. The van der Waals surface area contributed by atoms with E-state index in [2.05, 4.69) is 20.8 Å². The summed E-state index contributed by atoms with van der Waals surface area (Å²) in [6.07, 6.45) is -1.95. The van der Waals surface area contributed by atoms with Gasteiger partial charge in [-0.1, -0.05) is 80.9 Å². The van der Waals surface area contributed by atoms with Gasteiger partial charge in [0.15, 0.2) is 0 Å². The van der Waals surface area contributed by atoms with Crippen LogP contribution in [0.15, 0.2) is 72.8 Å². The molecule has 4 rings (SSSR count). The predicted octanol–water partition coefficient (Wildman–Crippen LogP) is 6.74. The SMILES string of the molecule is CCOC(=O)CC1OC(c2ccccc2OCc2ccccc2)c2cc(Cl)ccc2N(CC(C)(C)C)C1=O. The number of esters is 1. The Hall–Kier alpha value is -3.35. The third-order valence-corrected chi connectivity index (χ3v) is 6.37. The van der Waals surface area contributed by atoms with Crippen molar-refractivity contribution in [3.63, 3.8) is 0 Å². The molecule has 1 aliphatic heterocycles. The first-order chi connectivity index (χ1) is 18.2. The molecule has 38 heavy (non-hydrogen) atoms. The molecular formula is C31H34ClNO5. The molecule has 0 saturated heterocycles. The van der Waals surface area contributed by atoms with Crippen LogP contribution < -0.4 is 9.64 Å². The number of hydrogen-bond donors (Lipinski definition) is 0. The molecule has 0 spiro atoms. The zero-order valence-corrected chi connectivity index (χ0v) is 23.0. The number of para-hydroxylation sites is 1. The largest absolute Gasteiger partial charge is 0.489 e. The second-order valence-electron chi connectivity index (χ2n) is 10.5. The smallest absolute Gasteiger partial charge is 0.308 e. The van der Waals surface area contributed by atoms with Gasteiger partial charge in [-0.25, -0.2) is 0 Å². The summed E-state index contributed by atoms with van der Waals surface area (Å²) in [5, 5.41) is 0.520. The van der Waals surface area contributed by atoms with Crippen molar-refractivity contribution in [2.24, 2.45) is 5.41 Å². The molecule has 0 bridgehead atoms. The van der Waals surface area contributed by atoms with Crippen LogP contribution in [0.1, 0.15) is 56.9 Å². The molecule has 3 aromatic carbocycles. The molecule has 3 aromatic rings. The summed E-state index contributed by atoms with van der Waals surface area (Å²) < 4.78 is 17.9. The van der Waals surface area contributed by atoms with Crippen molar-refractivity contribution in [3.8, 4) is 5.75 Å². The Bertz CT molecular complexity index is 1270. The molecule has 6 nitrogen and oxygen atoms in total. The predicted molar refractivity (Wildman–Crippen MR) is 148 cm³/mol. The minimum absolute atomic E-state index is 0.196. The molecule has 0 aromatic heterocycles. The number of rotatable bonds is 8. The minimum atomic E-state index is -1.05. The first-order valence-corrected chi connectivity index (χ1v) is 13.2. The van der Waals surface area contributed by atoms with Gasteiger partial charge in [0, 0.05) is 28.4 Å². The van der Waals surface area contributed by atoms with E-state index in [1.54, 1.807) is 17.9 Å². The monoisotopic (exact) mass is 535 g/mol. The number of ether oxygens (including phenoxy) is 3. The maximum Gasteiger partial charge on any atom is 0.308 e. The summed E-state index contributed by atoms with van der Waals surface area (Å²) in [5.74, 6) is -0.154. The van der Waals surface area contributed by atoms with Crippen LogP contribution in [-0.2, 0) is 25.7 Å². The number of carbonyl (C=O) groups is 2. The van der Waals surface area contributed by atoms with E-state index >= 15 is 0 Å². The van der Waals surface area contributed by atoms with Crippen LogP contribution in [0.2, 0.25) is 5.02 Å². The van der Waals surface area contributed by atoms with Gasteiger partial charge in [0.2, 0.25) is 0 Å². The zero-order chi connectivity index (χ0) is 27.3. The molecule has 0 radical (unpaired) electrons. The van der Waals surface area contributed by atoms with Gasteiger partial charge < -0.3 is 19.1 Å². The molecular weight excluding hydrogens is 502 g/mol. The van der Waals surface area contributed by atoms with Crippen molar-refractivity contribution < 1.29 is 23.8 Å². The van der Waals surface area contributed by atoms with E-state index < -0.39 is 18.2 Å². The van der Waals surface area contributed by atoms with Crippen molar-refractivity contribution in [2.45, 2.75) is 52.9 Å². The fourth-order valence-electron chi connectivity index (χ4n) is 4.52. The third kappa shape index (κ3) is 6.74. The van der Waals surface area contributed by atoms with Crippen LogP contribution >= 0.6 is 11.6 Å². The summed E-state index contributed by atoms with van der Waals surface area (Å²) >= 11 is 6.48. The van der Waals surface area contributed by atoms with Crippen LogP contribution in [0, 0.1) is 5.41 Å². The lowest BCUT2D eigenvalue weighted by atomic mass is 9.94. The van der Waals surface area contributed by atoms with Crippen LogP contribution in [0.4, 0.5) is 5.69 Å². The van der Waals surface area contributed by atoms with Gasteiger partial charge in [0.25, 0.3) is 5.91 Å². The number of amides is 1. The second-order valence-corrected chi connectivity index (χ2v) is 11.0. The van der Waals surface area contributed by atoms with E-state index in [1.807, 2.05) is 66.7 Å². The highest BCUT2D eigenvalue weighted by Gasteiger charge is 2.40. The lowest BCUT2D eigenvalue weighted by molar-refractivity contribution is -0.151. The number of carbonyl (C=O) groups excluding carboxylic acids is 2. The number of nitrogens with zero attached hydrogens (tertiary/aromatic N) is 1. The van der Waals surface area contributed by atoms with Crippen molar-refractivity contribution in [1.29, 1.82) is 0 Å². The standard InChI is InChI=1S/C31H34ClNO5/c1-5-36-28(34)18-27-30(35)33(20-31(2,3)4)25-16-15-22(32)17-24(25)29(38-27)23-13-9-10-14-26(23)37-19-21-11-7-6-8-12-21/h6-17,27,29H,5,18-20H2,1-4H3.